The van der Waals surface area contributed by atoms with E-state index in [-0.39, 0.29) is 38.4 Å². The molecule has 1 atom stereocenters. The summed E-state index contributed by atoms with van der Waals surface area (Å²) in [5.74, 6) is -1.42. The van der Waals surface area contributed by atoms with Gasteiger partial charge in [-0.15, -0.1) is 0 Å². The molecular formula is C19H27NO9S. The van der Waals surface area contributed by atoms with Crippen LogP contribution in [0.5, 0.6) is 0 Å². The molecule has 0 radical (unpaired) electrons. The van der Waals surface area contributed by atoms with Crippen molar-refractivity contribution in [1.29, 1.82) is 0 Å². The zero-order valence-corrected chi connectivity index (χ0v) is 17.6. The Kier molecular flexibility index (Phi) is 11.5. The van der Waals surface area contributed by atoms with Crippen molar-refractivity contribution in [1.82, 2.24) is 5.32 Å². The summed E-state index contributed by atoms with van der Waals surface area (Å²) in [7, 11) is -4.08. The third-order valence-corrected chi connectivity index (χ3v) is 4.48. The maximum absolute atomic E-state index is 11.7. The zero-order valence-electron chi connectivity index (χ0n) is 16.7. The van der Waals surface area contributed by atoms with Crippen LogP contribution in [0.25, 0.3) is 0 Å². The predicted molar refractivity (Wildman–Crippen MR) is 106 cm³/mol. The summed E-state index contributed by atoms with van der Waals surface area (Å²) in [6, 6.07) is 9.29. The number of hydrogen-bond acceptors (Lipinski definition) is 8. The highest BCUT2D eigenvalue weighted by Gasteiger charge is 2.14. The molecule has 0 aromatic heterocycles. The van der Waals surface area contributed by atoms with E-state index in [1.54, 1.807) is 0 Å². The van der Waals surface area contributed by atoms with Gasteiger partial charge in [0.05, 0.1) is 5.75 Å². The minimum absolute atomic E-state index is 0.00981. The summed E-state index contributed by atoms with van der Waals surface area (Å²) in [5.41, 5.74) is 0.894. The molecule has 1 rings (SSSR count). The van der Waals surface area contributed by atoms with E-state index in [1.807, 2.05) is 30.3 Å². The molecule has 0 aliphatic heterocycles. The number of esters is 2. The lowest BCUT2D eigenvalue weighted by molar-refractivity contribution is -0.165. The third kappa shape index (κ3) is 13.5. The summed E-state index contributed by atoms with van der Waals surface area (Å²) < 4.78 is 44.5. The quantitative estimate of drug-likeness (QED) is 0.202. The van der Waals surface area contributed by atoms with Crippen molar-refractivity contribution in [2.75, 3.05) is 12.3 Å². The second kappa shape index (κ2) is 13.5. The minimum atomic E-state index is -4.08. The average Bonchev–Trinajstić information content (AvgIpc) is 2.67. The van der Waals surface area contributed by atoms with Crippen molar-refractivity contribution >= 4 is 28.1 Å². The van der Waals surface area contributed by atoms with Crippen LogP contribution in [0, 0.1) is 0 Å². The number of ether oxygens (including phenoxy) is 3. The number of carbonyl (C=O) groups excluding carboxylic acids is 3. The fourth-order valence-corrected chi connectivity index (χ4v) is 2.76. The van der Waals surface area contributed by atoms with Crippen molar-refractivity contribution in [2.45, 2.75) is 51.9 Å². The van der Waals surface area contributed by atoms with E-state index in [1.165, 1.54) is 6.92 Å². The topological polar surface area (TPSA) is 145 Å². The van der Waals surface area contributed by atoms with Gasteiger partial charge in [-0.05, 0) is 24.8 Å². The molecule has 1 aromatic carbocycles. The van der Waals surface area contributed by atoms with Crippen LogP contribution >= 0.6 is 0 Å². The molecule has 168 valence electrons. The molecule has 0 aliphatic carbocycles. The molecule has 11 heteroatoms. The van der Waals surface area contributed by atoms with E-state index in [0.29, 0.717) is 12.8 Å². The fraction of sp³-hybridized carbons (Fsp3) is 0.526. The average molecular weight is 445 g/mol. The molecule has 30 heavy (non-hydrogen) atoms. The number of rotatable bonds is 13. The SMILES string of the molecule is CC(OC(=O)CCCCC(=O)OCc1ccccc1)OC(=O)NCCCS(=O)(=O)O. The van der Waals surface area contributed by atoms with Gasteiger partial charge < -0.3 is 19.5 Å². The van der Waals surface area contributed by atoms with Gasteiger partial charge in [-0.1, -0.05) is 30.3 Å². The number of benzene rings is 1. The molecule has 0 saturated carbocycles. The van der Waals surface area contributed by atoms with Gasteiger partial charge in [0.25, 0.3) is 10.1 Å². The first-order chi connectivity index (χ1) is 14.2. The molecule has 0 spiro atoms. The van der Waals surface area contributed by atoms with Crippen molar-refractivity contribution in [3.63, 3.8) is 0 Å². The summed E-state index contributed by atoms with van der Waals surface area (Å²) in [6.45, 7) is 1.53. The van der Waals surface area contributed by atoms with Gasteiger partial charge in [0.2, 0.25) is 6.29 Å². The number of unbranched alkanes of at least 4 members (excludes halogenated alkanes) is 1. The Bertz CT molecular complexity index is 780. The molecule has 1 amide bonds. The van der Waals surface area contributed by atoms with E-state index < -0.39 is 34.2 Å². The molecule has 0 heterocycles. The highest BCUT2D eigenvalue weighted by Crippen LogP contribution is 2.07. The smallest absolute Gasteiger partial charge is 0.410 e. The standard InChI is InChI=1S/C19H27NO9S/c1-15(29-19(23)20-12-7-13-30(24,25)26)28-18(22)11-6-5-10-17(21)27-14-16-8-3-2-4-9-16/h2-4,8-9,15H,5-7,10-14H2,1H3,(H,20,23)(H,24,25,26). The Morgan fingerprint density at radius 2 is 1.63 bits per heavy atom. The lowest BCUT2D eigenvalue weighted by Gasteiger charge is -2.14. The molecule has 0 aliphatic rings. The molecular weight excluding hydrogens is 418 g/mol. The molecule has 1 unspecified atom stereocenters. The highest BCUT2D eigenvalue weighted by atomic mass is 32.2. The number of carbonyl (C=O) groups is 3. The maximum Gasteiger partial charge on any atom is 0.410 e. The summed E-state index contributed by atoms with van der Waals surface area (Å²) >= 11 is 0. The van der Waals surface area contributed by atoms with Crippen molar-refractivity contribution in [3.05, 3.63) is 35.9 Å². The van der Waals surface area contributed by atoms with Gasteiger partial charge in [-0.2, -0.15) is 8.42 Å². The normalized spacial score (nSPS) is 11.9. The summed E-state index contributed by atoms with van der Waals surface area (Å²) in [5, 5.41) is 2.27. The minimum Gasteiger partial charge on any atom is -0.461 e. The number of nitrogens with one attached hydrogen (secondary N) is 1. The van der Waals surface area contributed by atoms with E-state index >= 15 is 0 Å². The van der Waals surface area contributed by atoms with Gasteiger partial charge in [0, 0.05) is 26.3 Å². The monoisotopic (exact) mass is 445 g/mol. The number of alkyl carbamates (subject to hydrolysis) is 1. The molecule has 1 aromatic rings. The van der Waals surface area contributed by atoms with Gasteiger partial charge in [-0.25, -0.2) is 4.79 Å². The lowest BCUT2D eigenvalue weighted by atomic mass is 10.2. The Hall–Kier alpha value is -2.66. The first-order valence-electron chi connectivity index (χ1n) is 9.44. The van der Waals surface area contributed by atoms with E-state index in [4.69, 9.17) is 18.8 Å². The van der Waals surface area contributed by atoms with Gasteiger partial charge >= 0.3 is 18.0 Å². The predicted octanol–water partition coefficient (Wildman–Crippen LogP) is 2.18. The zero-order chi connectivity index (χ0) is 22.4. The second-order valence-corrected chi connectivity index (χ2v) is 7.95. The molecule has 10 nitrogen and oxygen atoms in total. The van der Waals surface area contributed by atoms with Crippen molar-refractivity contribution in [3.8, 4) is 0 Å². The Morgan fingerprint density at radius 3 is 2.27 bits per heavy atom. The van der Waals surface area contributed by atoms with E-state index in [0.717, 1.165) is 5.56 Å². The van der Waals surface area contributed by atoms with Gasteiger partial charge in [0.1, 0.15) is 6.61 Å². The van der Waals surface area contributed by atoms with Gasteiger partial charge in [0.15, 0.2) is 0 Å². The van der Waals surface area contributed by atoms with Crippen LogP contribution in [-0.4, -0.2) is 49.6 Å². The fourth-order valence-electron chi connectivity index (χ4n) is 2.25. The summed E-state index contributed by atoms with van der Waals surface area (Å²) in [4.78, 5) is 34.9. The van der Waals surface area contributed by atoms with Crippen LogP contribution in [0.15, 0.2) is 30.3 Å². The Balaban J connectivity index is 2.08. The van der Waals surface area contributed by atoms with E-state index in [9.17, 15) is 22.8 Å². The molecule has 0 bridgehead atoms. The Morgan fingerprint density at radius 1 is 1.00 bits per heavy atom. The first kappa shape index (κ1) is 25.4. The second-order valence-electron chi connectivity index (χ2n) is 6.38. The molecule has 0 saturated heterocycles. The summed E-state index contributed by atoms with van der Waals surface area (Å²) in [6.07, 6.45) is -0.911. The maximum atomic E-state index is 11.7. The Labute approximate surface area is 175 Å². The van der Waals surface area contributed by atoms with Crippen molar-refractivity contribution < 1.29 is 41.6 Å². The van der Waals surface area contributed by atoms with Crippen LogP contribution < -0.4 is 5.32 Å². The molecule has 2 N–H and O–H groups in total. The van der Waals surface area contributed by atoms with Crippen LogP contribution in [0.4, 0.5) is 4.79 Å². The number of hydrogen-bond donors (Lipinski definition) is 2. The largest absolute Gasteiger partial charge is 0.461 e. The third-order valence-electron chi connectivity index (χ3n) is 3.67. The van der Waals surface area contributed by atoms with Gasteiger partial charge in [-0.3, -0.25) is 14.1 Å². The highest BCUT2D eigenvalue weighted by molar-refractivity contribution is 7.85. The lowest BCUT2D eigenvalue weighted by Crippen LogP contribution is -2.31. The van der Waals surface area contributed by atoms with E-state index in [2.05, 4.69) is 5.32 Å². The molecule has 0 fully saturated rings. The van der Waals surface area contributed by atoms with Crippen LogP contribution in [0.2, 0.25) is 0 Å². The van der Waals surface area contributed by atoms with Crippen molar-refractivity contribution in [2.24, 2.45) is 0 Å². The van der Waals surface area contributed by atoms with Crippen LogP contribution in [0.1, 0.15) is 44.6 Å². The van der Waals surface area contributed by atoms with Crippen LogP contribution in [0.3, 0.4) is 0 Å². The first-order valence-corrected chi connectivity index (χ1v) is 11.1. The number of amides is 1. The van der Waals surface area contributed by atoms with Crippen LogP contribution in [-0.2, 0) is 40.5 Å².